The van der Waals surface area contributed by atoms with Crippen molar-refractivity contribution in [1.29, 1.82) is 0 Å². The van der Waals surface area contributed by atoms with Crippen molar-refractivity contribution in [2.75, 3.05) is 12.4 Å². The van der Waals surface area contributed by atoms with Crippen LogP contribution in [0, 0.1) is 0 Å². The second-order valence-corrected chi connectivity index (χ2v) is 7.06. The molecule has 4 aromatic rings. The molecule has 1 N–H and O–H groups in total. The Morgan fingerprint density at radius 2 is 2.00 bits per heavy atom. The van der Waals surface area contributed by atoms with Gasteiger partial charge in [0.15, 0.2) is 11.5 Å². The van der Waals surface area contributed by atoms with E-state index in [-0.39, 0.29) is 5.91 Å². The van der Waals surface area contributed by atoms with Gasteiger partial charge < -0.3 is 14.8 Å². The summed E-state index contributed by atoms with van der Waals surface area (Å²) in [4.78, 5) is 16.8. The second-order valence-electron chi connectivity index (χ2n) is 6.62. The fourth-order valence-electron chi connectivity index (χ4n) is 2.92. The van der Waals surface area contributed by atoms with Gasteiger partial charge in [-0.15, -0.1) is 0 Å². The second kappa shape index (κ2) is 9.32. The van der Waals surface area contributed by atoms with Gasteiger partial charge in [-0.25, -0.2) is 4.68 Å². The van der Waals surface area contributed by atoms with Crippen molar-refractivity contribution in [3.05, 3.63) is 95.5 Å². The monoisotopic (exact) mass is 434 g/mol. The minimum absolute atomic E-state index is 0.295. The number of pyridine rings is 1. The van der Waals surface area contributed by atoms with Crippen molar-refractivity contribution < 1.29 is 14.3 Å². The molecule has 2 aromatic heterocycles. The maximum Gasteiger partial charge on any atom is 0.258 e. The third kappa shape index (κ3) is 5.02. The highest BCUT2D eigenvalue weighted by Gasteiger charge is 2.13. The highest BCUT2D eigenvalue weighted by molar-refractivity contribution is 6.30. The minimum Gasteiger partial charge on any atom is -0.493 e. The third-order valence-corrected chi connectivity index (χ3v) is 4.69. The summed E-state index contributed by atoms with van der Waals surface area (Å²) in [6.45, 7) is 0.327. The van der Waals surface area contributed by atoms with Crippen LogP contribution in [0.25, 0.3) is 5.69 Å². The van der Waals surface area contributed by atoms with E-state index in [1.165, 1.54) is 6.20 Å². The quantitative estimate of drug-likeness (QED) is 0.453. The first-order valence-corrected chi connectivity index (χ1v) is 9.82. The van der Waals surface area contributed by atoms with Gasteiger partial charge in [0.05, 0.1) is 24.6 Å². The van der Waals surface area contributed by atoms with Gasteiger partial charge in [-0.2, -0.15) is 5.10 Å². The van der Waals surface area contributed by atoms with Crippen LogP contribution >= 0.6 is 11.6 Å². The Labute approximate surface area is 184 Å². The zero-order chi connectivity index (χ0) is 21.6. The van der Waals surface area contributed by atoms with E-state index >= 15 is 0 Å². The van der Waals surface area contributed by atoms with Crippen molar-refractivity contribution in [2.45, 2.75) is 6.61 Å². The number of aromatic nitrogens is 3. The van der Waals surface area contributed by atoms with Gasteiger partial charge in [-0.1, -0.05) is 23.7 Å². The lowest BCUT2D eigenvalue weighted by molar-refractivity contribution is 0.102. The Balaban J connectivity index is 1.48. The molecule has 0 radical (unpaired) electrons. The zero-order valence-corrected chi connectivity index (χ0v) is 17.4. The van der Waals surface area contributed by atoms with E-state index in [9.17, 15) is 4.79 Å². The Morgan fingerprint density at radius 3 is 2.77 bits per heavy atom. The summed E-state index contributed by atoms with van der Waals surface area (Å²) in [5.41, 5.74) is 2.67. The number of nitrogens with one attached hydrogen (secondary N) is 1. The Hall–Kier alpha value is -3.84. The summed E-state index contributed by atoms with van der Waals surface area (Å²) in [5.74, 6) is 0.783. The summed E-state index contributed by atoms with van der Waals surface area (Å²) < 4.78 is 12.8. The van der Waals surface area contributed by atoms with Crippen molar-refractivity contribution in [2.24, 2.45) is 0 Å². The number of nitrogens with zero attached hydrogens (tertiary/aromatic N) is 3. The largest absolute Gasteiger partial charge is 0.493 e. The summed E-state index contributed by atoms with van der Waals surface area (Å²) in [7, 11) is 1.56. The average Bonchev–Trinajstić information content (AvgIpc) is 3.29. The zero-order valence-electron chi connectivity index (χ0n) is 16.7. The van der Waals surface area contributed by atoms with Gasteiger partial charge in [0.25, 0.3) is 5.91 Å². The predicted molar refractivity (Wildman–Crippen MR) is 118 cm³/mol. The van der Waals surface area contributed by atoms with Crippen LogP contribution in [0.4, 0.5) is 5.69 Å². The van der Waals surface area contributed by atoms with Crippen LogP contribution < -0.4 is 14.8 Å². The molecule has 0 fully saturated rings. The molecule has 0 aliphatic rings. The molecule has 0 spiro atoms. The lowest BCUT2D eigenvalue weighted by Crippen LogP contribution is -2.11. The molecular weight excluding hydrogens is 416 g/mol. The van der Waals surface area contributed by atoms with Crippen LogP contribution in [-0.4, -0.2) is 27.8 Å². The summed E-state index contributed by atoms with van der Waals surface area (Å²) in [6, 6.07) is 16.2. The van der Waals surface area contributed by atoms with E-state index in [2.05, 4.69) is 15.4 Å². The number of anilines is 1. The van der Waals surface area contributed by atoms with E-state index in [0.29, 0.717) is 34.4 Å². The summed E-state index contributed by atoms with van der Waals surface area (Å²) in [5, 5.41) is 7.70. The molecule has 2 aromatic carbocycles. The molecule has 7 nitrogen and oxygen atoms in total. The summed E-state index contributed by atoms with van der Waals surface area (Å²) >= 11 is 6.03. The molecule has 0 aliphatic heterocycles. The van der Waals surface area contributed by atoms with Crippen LogP contribution in [0.2, 0.25) is 5.02 Å². The fourth-order valence-corrected chi connectivity index (χ4v) is 3.10. The highest BCUT2D eigenvalue weighted by Crippen LogP contribution is 2.31. The van der Waals surface area contributed by atoms with E-state index in [4.69, 9.17) is 21.1 Å². The van der Waals surface area contributed by atoms with Crippen molar-refractivity contribution in [1.82, 2.24) is 14.8 Å². The van der Waals surface area contributed by atoms with Crippen molar-refractivity contribution in [3.63, 3.8) is 0 Å². The Kier molecular flexibility index (Phi) is 6.14. The molecule has 4 rings (SSSR count). The molecule has 2 heterocycles. The van der Waals surface area contributed by atoms with Crippen molar-refractivity contribution in [3.8, 4) is 17.2 Å². The number of carbonyl (C=O) groups excluding carboxylic acids is 1. The lowest BCUT2D eigenvalue weighted by Gasteiger charge is -2.13. The van der Waals surface area contributed by atoms with Gasteiger partial charge in [-0.3, -0.25) is 9.78 Å². The number of halogens is 1. The molecule has 156 valence electrons. The van der Waals surface area contributed by atoms with Gasteiger partial charge in [-0.05, 0) is 36.4 Å². The number of methoxy groups -OCH3 is 1. The number of amides is 1. The fraction of sp³-hybridized carbons (Fsp3) is 0.0870. The molecule has 0 saturated heterocycles. The maximum absolute atomic E-state index is 12.7. The van der Waals surface area contributed by atoms with Crippen LogP contribution in [0.5, 0.6) is 11.5 Å². The molecule has 0 unspecified atom stereocenters. The first-order chi connectivity index (χ1) is 15.1. The smallest absolute Gasteiger partial charge is 0.258 e. The molecule has 0 aliphatic carbocycles. The van der Waals surface area contributed by atoms with Gasteiger partial charge in [0, 0.05) is 40.9 Å². The van der Waals surface area contributed by atoms with E-state index in [1.54, 1.807) is 60.7 Å². The van der Waals surface area contributed by atoms with Crippen LogP contribution in [0.3, 0.4) is 0 Å². The number of benzene rings is 2. The standard InChI is InChI=1S/C23H19ClN4O3/c1-30-21-8-7-19(11-22(21)31-15-16-4-3-9-25-12-16)27-23(29)17-13-26-28(14-17)20-6-2-5-18(24)10-20/h2-14H,15H2,1H3,(H,27,29). The third-order valence-electron chi connectivity index (χ3n) is 4.46. The number of carbonyl (C=O) groups is 1. The number of ether oxygens (including phenoxy) is 2. The van der Waals surface area contributed by atoms with E-state index in [1.807, 2.05) is 24.3 Å². The summed E-state index contributed by atoms with van der Waals surface area (Å²) in [6.07, 6.45) is 6.58. The Morgan fingerprint density at radius 1 is 1.10 bits per heavy atom. The van der Waals surface area contributed by atoms with Crippen molar-refractivity contribution >= 4 is 23.2 Å². The van der Waals surface area contributed by atoms with Gasteiger partial charge in [0.2, 0.25) is 0 Å². The topological polar surface area (TPSA) is 78.3 Å². The first-order valence-electron chi connectivity index (χ1n) is 9.44. The van der Waals surface area contributed by atoms with Gasteiger partial charge >= 0.3 is 0 Å². The average molecular weight is 435 g/mol. The highest BCUT2D eigenvalue weighted by atomic mass is 35.5. The number of rotatable bonds is 7. The molecule has 0 saturated carbocycles. The SMILES string of the molecule is COc1ccc(NC(=O)c2cnn(-c3cccc(Cl)c3)c2)cc1OCc1cccnc1. The van der Waals surface area contributed by atoms with E-state index in [0.717, 1.165) is 11.3 Å². The molecule has 0 atom stereocenters. The molecule has 1 amide bonds. The minimum atomic E-state index is -0.295. The normalized spacial score (nSPS) is 10.5. The predicted octanol–water partition coefficient (Wildman–Crippen LogP) is 4.76. The molecule has 8 heteroatoms. The molecule has 0 bridgehead atoms. The molecular formula is C23H19ClN4O3. The van der Waals surface area contributed by atoms with Gasteiger partial charge in [0.1, 0.15) is 6.61 Å². The van der Waals surface area contributed by atoms with Crippen LogP contribution in [0.15, 0.2) is 79.4 Å². The number of hydrogen-bond donors (Lipinski definition) is 1. The molecule has 31 heavy (non-hydrogen) atoms. The number of hydrogen-bond acceptors (Lipinski definition) is 5. The lowest BCUT2D eigenvalue weighted by atomic mass is 10.2. The van der Waals surface area contributed by atoms with Crippen LogP contribution in [0.1, 0.15) is 15.9 Å². The van der Waals surface area contributed by atoms with E-state index < -0.39 is 0 Å². The van der Waals surface area contributed by atoms with Crippen LogP contribution in [-0.2, 0) is 6.61 Å². The first kappa shape index (κ1) is 20.4. The Bertz CT molecular complexity index is 1190. The maximum atomic E-state index is 12.7.